The fraction of sp³-hybridized carbons (Fsp3) is 0.435. The van der Waals surface area contributed by atoms with Gasteiger partial charge in [-0.3, -0.25) is 4.79 Å². The second-order valence-electron chi connectivity index (χ2n) is 8.30. The van der Waals surface area contributed by atoms with Gasteiger partial charge in [0, 0.05) is 51.2 Å². The number of hydrogen-bond donors (Lipinski definition) is 1. The van der Waals surface area contributed by atoms with Crippen LogP contribution in [0.15, 0.2) is 48.7 Å². The van der Waals surface area contributed by atoms with Crippen molar-refractivity contribution in [3.63, 3.8) is 0 Å². The van der Waals surface area contributed by atoms with Gasteiger partial charge >= 0.3 is 12.2 Å². The molecule has 2 fully saturated rings. The first-order chi connectivity index (χ1) is 15.8. The monoisotopic (exact) mass is 461 g/mol. The topological polar surface area (TPSA) is 68.8 Å². The summed E-state index contributed by atoms with van der Waals surface area (Å²) in [6, 6.07) is 11.4. The fourth-order valence-electron chi connectivity index (χ4n) is 4.24. The number of piperazine rings is 1. The zero-order valence-electron chi connectivity index (χ0n) is 18.1. The van der Waals surface area contributed by atoms with Gasteiger partial charge in [0.05, 0.1) is 11.5 Å². The van der Waals surface area contributed by atoms with Crippen molar-refractivity contribution in [1.82, 2.24) is 14.8 Å². The van der Waals surface area contributed by atoms with E-state index >= 15 is 0 Å². The summed E-state index contributed by atoms with van der Waals surface area (Å²) >= 11 is 0. The van der Waals surface area contributed by atoms with E-state index in [0.717, 1.165) is 25.1 Å². The molecule has 2 saturated heterocycles. The van der Waals surface area contributed by atoms with Crippen LogP contribution in [0.2, 0.25) is 0 Å². The van der Waals surface area contributed by atoms with Gasteiger partial charge in [0.2, 0.25) is 5.91 Å². The third-order valence-electron chi connectivity index (χ3n) is 6.07. The average molecular weight is 461 g/mol. The molecule has 1 atom stereocenters. The molecule has 0 aliphatic carbocycles. The van der Waals surface area contributed by atoms with Crippen molar-refractivity contribution in [1.29, 1.82) is 0 Å². The maximum absolute atomic E-state index is 13.1. The standard InChI is InChI=1S/C23H26F3N5O2/c24-23(25,26)18-8-9-20(27-15-18)29-11-13-30(14-12-29)21(32)17-5-4-10-31(16-17)22(33)28-19-6-2-1-3-7-19/h1-3,6-9,15,17H,4-5,10-14,16H2,(H,28,33). The summed E-state index contributed by atoms with van der Waals surface area (Å²) in [6.45, 7) is 2.90. The third kappa shape index (κ3) is 5.55. The summed E-state index contributed by atoms with van der Waals surface area (Å²) in [5.74, 6) is 0.236. The van der Waals surface area contributed by atoms with Gasteiger partial charge in [-0.05, 0) is 37.1 Å². The van der Waals surface area contributed by atoms with Gasteiger partial charge in [-0.1, -0.05) is 18.2 Å². The number of anilines is 2. The summed E-state index contributed by atoms with van der Waals surface area (Å²) in [7, 11) is 0. The Bertz CT molecular complexity index is 960. The Kier molecular flexibility index (Phi) is 6.71. The number of alkyl halides is 3. The first-order valence-electron chi connectivity index (χ1n) is 11.0. The van der Waals surface area contributed by atoms with Crippen LogP contribution in [0.5, 0.6) is 0 Å². The quantitative estimate of drug-likeness (QED) is 0.757. The molecule has 4 rings (SSSR count). The van der Waals surface area contributed by atoms with E-state index in [4.69, 9.17) is 0 Å². The normalized spacial score (nSPS) is 19.4. The maximum Gasteiger partial charge on any atom is 0.417 e. The predicted molar refractivity (Wildman–Crippen MR) is 118 cm³/mol. The zero-order valence-corrected chi connectivity index (χ0v) is 18.1. The van der Waals surface area contributed by atoms with Crippen molar-refractivity contribution >= 4 is 23.4 Å². The van der Waals surface area contributed by atoms with Crippen LogP contribution in [-0.2, 0) is 11.0 Å². The number of carbonyl (C=O) groups is 2. The zero-order chi connectivity index (χ0) is 23.4. The molecule has 0 spiro atoms. The molecule has 2 aliphatic rings. The summed E-state index contributed by atoms with van der Waals surface area (Å²) in [6.07, 6.45) is -2.09. The van der Waals surface area contributed by atoms with E-state index in [1.54, 1.807) is 9.80 Å². The van der Waals surface area contributed by atoms with Gasteiger partial charge in [-0.15, -0.1) is 0 Å². The molecule has 0 radical (unpaired) electrons. The highest BCUT2D eigenvalue weighted by molar-refractivity contribution is 5.90. The number of nitrogens with one attached hydrogen (secondary N) is 1. The highest BCUT2D eigenvalue weighted by Crippen LogP contribution is 2.29. The number of amides is 3. The van der Waals surface area contributed by atoms with Crippen LogP contribution < -0.4 is 10.2 Å². The molecule has 2 aromatic rings. The van der Waals surface area contributed by atoms with Crippen LogP contribution in [0, 0.1) is 5.92 Å². The molecule has 3 heterocycles. The van der Waals surface area contributed by atoms with Crippen molar-refractivity contribution in [3.05, 3.63) is 54.2 Å². The highest BCUT2D eigenvalue weighted by Gasteiger charge is 2.34. The van der Waals surface area contributed by atoms with Crippen molar-refractivity contribution in [3.8, 4) is 0 Å². The lowest BCUT2D eigenvalue weighted by atomic mass is 9.96. The fourth-order valence-corrected chi connectivity index (χ4v) is 4.24. The summed E-state index contributed by atoms with van der Waals surface area (Å²) in [4.78, 5) is 35.0. The molecule has 10 heteroatoms. The Morgan fingerprint density at radius 2 is 1.67 bits per heavy atom. The lowest BCUT2D eigenvalue weighted by molar-refractivity contribution is -0.138. The largest absolute Gasteiger partial charge is 0.417 e. The number of rotatable bonds is 3. The Morgan fingerprint density at radius 1 is 0.939 bits per heavy atom. The van der Waals surface area contributed by atoms with E-state index in [1.807, 2.05) is 35.2 Å². The van der Waals surface area contributed by atoms with E-state index in [2.05, 4.69) is 10.3 Å². The minimum atomic E-state index is -4.41. The van der Waals surface area contributed by atoms with E-state index in [-0.39, 0.29) is 17.9 Å². The van der Waals surface area contributed by atoms with Crippen LogP contribution in [0.1, 0.15) is 18.4 Å². The van der Waals surface area contributed by atoms with Crippen LogP contribution in [0.4, 0.5) is 29.5 Å². The van der Waals surface area contributed by atoms with Gasteiger partial charge in [0.25, 0.3) is 0 Å². The lowest BCUT2D eigenvalue weighted by Gasteiger charge is -2.39. The Hall–Kier alpha value is -3.30. The Labute approximate surface area is 190 Å². The van der Waals surface area contributed by atoms with E-state index in [1.165, 1.54) is 6.07 Å². The third-order valence-corrected chi connectivity index (χ3v) is 6.07. The number of carbonyl (C=O) groups excluding carboxylic acids is 2. The molecule has 0 saturated carbocycles. The molecule has 0 bridgehead atoms. The summed E-state index contributed by atoms with van der Waals surface area (Å²) in [5, 5.41) is 2.87. The van der Waals surface area contributed by atoms with Crippen molar-refractivity contribution < 1.29 is 22.8 Å². The highest BCUT2D eigenvalue weighted by atomic mass is 19.4. The maximum atomic E-state index is 13.1. The van der Waals surface area contributed by atoms with Crippen LogP contribution in [0.25, 0.3) is 0 Å². The molecule has 2 aliphatic heterocycles. The molecule has 1 N–H and O–H groups in total. The number of aromatic nitrogens is 1. The summed E-state index contributed by atoms with van der Waals surface area (Å²) < 4.78 is 38.2. The molecule has 176 valence electrons. The number of likely N-dealkylation sites (tertiary alicyclic amines) is 1. The van der Waals surface area contributed by atoms with Crippen molar-refractivity contribution in [2.24, 2.45) is 5.92 Å². The minimum Gasteiger partial charge on any atom is -0.353 e. The summed E-state index contributed by atoms with van der Waals surface area (Å²) in [5.41, 5.74) is -0.0674. The van der Waals surface area contributed by atoms with Crippen molar-refractivity contribution in [2.75, 3.05) is 49.5 Å². The van der Waals surface area contributed by atoms with Crippen LogP contribution in [0.3, 0.4) is 0 Å². The number of para-hydroxylation sites is 1. The van der Waals surface area contributed by atoms with E-state index < -0.39 is 11.7 Å². The number of urea groups is 1. The van der Waals surface area contributed by atoms with E-state index in [0.29, 0.717) is 50.8 Å². The Morgan fingerprint density at radius 3 is 2.30 bits per heavy atom. The average Bonchev–Trinajstić information content (AvgIpc) is 2.84. The molecular formula is C23H26F3N5O2. The molecule has 1 aromatic heterocycles. The Balaban J connectivity index is 1.29. The predicted octanol–water partition coefficient (Wildman–Crippen LogP) is 3.69. The molecule has 7 nitrogen and oxygen atoms in total. The SMILES string of the molecule is O=C(Nc1ccccc1)N1CCCC(C(=O)N2CCN(c3ccc(C(F)(F)F)cn3)CC2)C1. The van der Waals surface area contributed by atoms with Gasteiger partial charge in [-0.25, -0.2) is 9.78 Å². The molecule has 33 heavy (non-hydrogen) atoms. The smallest absolute Gasteiger partial charge is 0.353 e. The van der Waals surface area contributed by atoms with E-state index in [9.17, 15) is 22.8 Å². The molecule has 1 aromatic carbocycles. The number of benzene rings is 1. The van der Waals surface area contributed by atoms with Gasteiger partial charge in [-0.2, -0.15) is 13.2 Å². The molecule has 1 unspecified atom stereocenters. The number of nitrogens with zero attached hydrogens (tertiary/aromatic N) is 4. The van der Waals surface area contributed by atoms with Gasteiger partial charge in [0.15, 0.2) is 0 Å². The second kappa shape index (κ2) is 9.68. The number of halogens is 3. The minimum absolute atomic E-state index is 0.0206. The van der Waals surface area contributed by atoms with Crippen LogP contribution >= 0.6 is 0 Å². The number of pyridine rings is 1. The first kappa shape index (κ1) is 22.9. The van der Waals surface area contributed by atoms with Crippen molar-refractivity contribution in [2.45, 2.75) is 19.0 Å². The second-order valence-corrected chi connectivity index (χ2v) is 8.30. The number of piperidine rings is 1. The molecule has 3 amide bonds. The molecular weight excluding hydrogens is 435 g/mol. The van der Waals surface area contributed by atoms with Gasteiger partial charge < -0.3 is 20.0 Å². The van der Waals surface area contributed by atoms with Crippen LogP contribution in [-0.4, -0.2) is 66.0 Å². The first-order valence-corrected chi connectivity index (χ1v) is 11.0. The van der Waals surface area contributed by atoms with Gasteiger partial charge in [0.1, 0.15) is 5.82 Å². The lowest BCUT2D eigenvalue weighted by Crippen LogP contribution is -2.53. The number of hydrogen-bond acceptors (Lipinski definition) is 4.